The number of hydrogen-bond donors (Lipinski definition) is 0. The van der Waals surface area contributed by atoms with Crippen molar-refractivity contribution in [3.63, 3.8) is 0 Å². The molecule has 0 amide bonds. The molecule has 152 valence electrons. The molecule has 0 radical (unpaired) electrons. The van der Waals surface area contributed by atoms with Gasteiger partial charge in [-0.3, -0.25) is 0 Å². The third kappa shape index (κ3) is 6.89. The van der Waals surface area contributed by atoms with Crippen LogP contribution in [0.4, 0.5) is 0 Å². The molecule has 3 aromatic carbocycles. The standard InChI is InChI=1S/C29H36/c1-3-5-7-9-25-16-20-28(21-17-25)29-22-18-27(19-23-29)15-14-26-12-10-24(11-13-26)8-6-4-2/h10-13,16-23H,3-9,14-15H2,1-2H3. The fourth-order valence-electron chi connectivity index (χ4n) is 3.85. The van der Waals surface area contributed by atoms with Gasteiger partial charge in [0.25, 0.3) is 0 Å². The third-order valence-electron chi connectivity index (χ3n) is 5.85. The molecule has 0 heteroatoms. The first-order chi connectivity index (χ1) is 14.3. The van der Waals surface area contributed by atoms with E-state index in [9.17, 15) is 0 Å². The monoisotopic (exact) mass is 384 g/mol. The van der Waals surface area contributed by atoms with Gasteiger partial charge < -0.3 is 0 Å². The molecule has 29 heavy (non-hydrogen) atoms. The van der Waals surface area contributed by atoms with Crippen LogP contribution in [0.1, 0.15) is 68.2 Å². The summed E-state index contributed by atoms with van der Waals surface area (Å²) in [5.74, 6) is 0. The smallest absolute Gasteiger partial charge is 0.0184 e. The van der Waals surface area contributed by atoms with E-state index in [2.05, 4.69) is 86.6 Å². The van der Waals surface area contributed by atoms with Crippen LogP contribution in [0.5, 0.6) is 0 Å². The minimum Gasteiger partial charge on any atom is -0.0654 e. The van der Waals surface area contributed by atoms with Crippen LogP contribution in [0.25, 0.3) is 11.1 Å². The van der Waals surface area contributed by atoms with Gasteiger partial charge in [-0.15, -0.1) is 0 Å². The van der Waals surface area contributed by atoms with E-state index in [1.807, 2.05) is 0 Å². The minimum atomic E-state index is 1.10. The average molecular weight is 385 g/mol. The van der Waals surface area contributed by atoms with E-state index in [1.54, 1.807) is 0 Å². The Morgan fingerprint density at radius 2 is 0.724 bits per heavy atom. The molecule has 0 aliphatic heterocycles. The number of aryl methyl sites for hydroxylation is 4. The summed E-state index contributed by atoms with van der Waals surface area (Å²) in [6.45, 7) is 4.51. The van der Waals surface area contributed by atoms with E-state index in [-0.39, 0.29) is 0 Å². The van der Waals surface area contributed by atoms with Gasteiger partial charge in [0.15, 0.2) is 0 Å². The Morgan fingerprint density at radius 3 is 1.14 bits per heavy atom. The Labute approximate surface area is 178 Å². The number of hydrogen-bond acceptors (Lipinski definition) is 0. The maximum absolute atomic E-state index is 2.31. The Hall–Kier alpha value is -2.34. The van der Waals surface area contributed by atoms with Crippen molar-refractivity contribution < 1.29 is 0 Å². The van der Waals surface area contributed by atoms with Crippen molar-refractivity contribution in [2.45, 2.75) is 71.6 Å². The minimum absolute atomic E-state index is 1.10. The molecular weight excluding hydrogens is 348 g/mol. The predicted molar refractivity (Wildman–Crippen MR) is 128 cm³/mol. The van der Waals surface area contributed by atoms with Crippen LogP contribution in [-0.4, -0.2) is 0 Å². The van der Waals surface area contributed by atoms with Crippen LogP contribution in [0.15, 0.2) is 72.8 Å². The van der Waals surface area contributed by atoms with Gasteiger partial charge in [0, 0.05) is 0 Å². The van der Waals surface area contributed by atoms with Crippen molar-refractivity contribution in [3.05, 3.63) is 95.1 Å². The summed E-state index contributed by atoms with van der Waals surface area (Å²) in [5, 5.41) is 0. The molecule has 0 nitrogen and oxygen atoms in total. The molecule has 3 rings (SSSR count). The van der Waals surface area contributed by atoms with Crippen LogP contribution < -0.4 is 0 Å². The highest BCUT2D eigenvalue weighted by atomic mass is 14.1. The molecule has 0 fully saturated rings. The van der Waals surface area contributed by atoms with Crippen LogP contribution in [-0.2, 0) is 25.7 Å². The lowest BCUT2D eigenvalue weighted by Crippen LogP contribution is -1.93. The molecule has 0 unspecified atom stereocenters. The van der Waals surface area contributed by atoms with Gasteiger partial charge in [0.2, 0.25) is 0 Å². The van der Waals surface area contributed by atoms with Crippen molar-refractivity contribution in [2.24, 2.45) is 0 Å². The summed E-state index contributed by atoms with van der Waals surface area (Å²) in [6, 6.07) is 27.5. The summed E-state index contributed by atoms with van der Waals surface area (Å²) in [6.07, 6.45) is 11.1. The van der Waals surface area contributed by atoms with Crippen LogP contribution >= 0.6 is 0 Å². The lowest BCUT2D eigenvalue weighted by atomic mass is 9.98. The van der Waals surface area contributed by atoms with E-state index in [4.69, 9.17) is 0 Å². The van der Waals surface area contributed by atoms with Gasteiger partial charge in [0.1, 0.15) is 0 Å². The SMILES string of the molecule is CCCCCc1ccc(-c2ccc(CCc3ccc(CCCC)cc3)cc2)cc1. The van der Waals surface area contributed by atoms with Crippen molar-refractivity contribution in [3.8, 4) is 11.1 Å². The summed E-state index contributed by atoms with van der Waals surface area (Å²) < 4.78 is 0. The zero-order valence-electron chi connectivity index (χ0n) is 18.3. The topological polar surface area (TPSA) is 0 Å². The predicted octanol–water partition coefficient (Wildman–Crippen LogP) is 8.21. The van der Waals surface area contributed by atoms with E-state index in [0.29, 0.717) is 0 Å². The molecule has 0 N–H and O–H groups in total. The molecule has 0 spiro atoms. The van der Waals surface area contributed by atoms with Crippen molar-refractivity contribution in [2.75, 3.05) is 0 Å². The molecule has 0 aliphatic rings. The van der Waals surface area contributed by atoms with E-state index >= 15 is 0 Å². The first kappa shape index (κ1) is 21.4. The van der Waals surface area contributed by atoms with Gasteiger partial charge >= 0.3 is 0 Å². The molecular formula is C29H36. The van der Waals surface area contributed by atoms with Gasteiger partial charge in [-0.05, 0) is 71.9 Å². The molecule has 0 heterocycles. The fraction of sp³-hybridized carbons (Fsp3) is 0.379. The molecule has 0 saturated heterocycles. The van der Waals surface area contributed by atoms with Gasteiger partial charge in [-0.1, -0.05) is 106 Å². The number of unbranched alkanes of at least 4 members (excludes halogenated alkanes) is 3. The van der Waals surface area contributed by atoms with Gasteiger partial charge in [-0.25, -0.2) is 0 Å². The molecule has 0 aromatic heterocycles. The van der Waals surface area contributed by atoms with Crippen LogP contribution in [0, 0.1) is 0 Å². The van der Waals surface area contributed by atoms with E-state index in [0.717, 1.165) is 12.8 Å². The van der Waals surface area contributed by atoms with Crippen LogP contribution in [0.3, 0.4) is 0 Å². The summed E-state index contributed by atoms with van der Waals surface area (Å²) in [5.41, 5.74) is 8.41. The Bertz CT molecular complexity index is 823. The van der Waals surface area contributed by atoms with Crippen molar-refractivity contribution in [1.82, 2.24) is 0 Å². The number of benzene rings is 3. The third-order valence-corrected chi connectivity index (χ3v) is 5.85. The van der Waals surface area contributed by atoms with Crippen LogP contribution in [0.2, 0.25) is 0 Å². The lowest BCUT2D eigenvalue weighted by Gasteiger charge is -2.07. The Balaban J connectivity index is 1.52. The zero-order valence-corrected chi connectivity index (χ0v) is 18.3. The average Bonchev–Trinajstić information content (AvgIpc) is 2.78. The maximum atomic E-state index is 2.31. The lowest BCUT2D eigenvalue weighted by molar-refractivity contribution is 0.717. The summed E-state index contributed by atoms with van der Waals surface area (Å²) in [4.78, 5) is 0. The summed E-state index contributed by atoms with van der Waals surface area (Å²) >= 11 is 0. The van der Waals surface area contributed by atoms with Gasteiger partial charge in [-0.2, -0.15) is 0 Å². The number of rotatable bonds is 11. The Morgan fingerprint density at radius 1 is 0.379 bits per heavy atom. The molecule has 0 bridgehead atoms. The fourth-order valence-corrected chi connectivity index (χ4v) is 3.85. The molecule has 0 saturated carbocycles. The van der Waals surface area contributed by atoms with E-state index < -0.39 is 0 Å². The molecule has 0 atom stereocenters. The second-order valence-corrected chi connectivity index (χ2v) is 8.27. The maximum Gasteiger partial charge on any atom is -0.0184 e. The second kappa shape index (κ2) is 11.6. The van der Waals surface area contributed by atoms with Gasteiger partial charge in [0.05, 0.1) is 0 Å². The zero-order chi connectivity index (χ0) is 20.3. The summed E-state index contributed by atoms with van der Waals surface area (Å²) in [7, 11) is 0. The van der Waals surface area contributed by atoms with Crippen molar-refractivity contribution in [1.29, 1.82) is 0 Å². The second-order valence-electron chi connectivity index (χ2n) is 8.27. The quantitative estimate of drug-likeness (QED) is 0.292. The Kier molecular flexibility index (Phi) is 8.56. The highest BCUT2D eigenvalue weighted by molar-refractivity contribution is 5.64. The van der Waals surface area contributed by atoms with E-state index in [1.165, 1.54) is 78.3 Å². The molecule has 3 aromatic rings. The largest absolute Gasteiger partial charge is 0.0654 e. The molecule has 0 aliphatic carbocycles. The normalized spacial score (nSPS) is 11.0. The first-order valence-corrected chi connectivity index (χ1v) is 11.5. The first-order valence-electron chi connectivity index (χ1n) is 11.5. The highest BCUT2D eigenvalue weighted by Crippen LogP contribution is 2.22. The van der Waals surface area contributed by atoms with Crippen molar-refractivity contribution >= 4 is 0 Å². The highest BCUT2D eigenvalue weighted by Gasteiger charge is 2.01.